The van der Waals surface area contributed by atoms with E-state index >= 15 is 0 Å². The molecule has 2 N–H and O–H groups in total. The number of rotatable bonds is 3. The van der Waals surface area contributed by atoms with Crippen LogP contribution in [0.4, 0.5) is 4.79 Å². The second-order valence-corrected chi connectivity index (χ2v) is 5.30. The lowest BCUT2D eigenvalue weighted by molar-refractivity contribution is -0.131. The van der Waals surface area contributed by atoms with Crippen molar-refractivity contribution in [3.63, 3.8) is 0 Å². The molecule has 8 nitrogen and oxygen atoms in total. The quantitative estimate of drug-likeness (QED) is 0.786. The summed E-state index contributed by atoms with van der Waals surface area (Å²) in [6.45, 7) is -0.156. The summed E-state index contributed by atoms with van der Waals surface area (Å²) in [4.78, 5) is 44.2. The summed E-state index contributed by atoms with van der Waals surface area (Å²) in [5.41, 5.74) is -0.755. The molecular weight excluding hydrogens is 276 g/mol. The van der Waals surface area contributed by atoms with E-state index in [-0.39, 0.29) is 23.7 Å². The van der Waals surface area contributed by atoms with E-state index in [2.05, 4.69) is 15.3 Å². The maximum Gasteiger partial charge on any atom is 0.339 e. The summed E-state index contributed by atoms with van der Waals surface area (Å²) < 4.78 is 0. The molecule has 21 heavy (non-hydrogen) atoms. The molecule has 1 saturated heterocycles. The third-order valence-electron chi connectivity index (χ3n) is 4.04. The van der Waals surface area contributed by atoms with Crippen molar-refractivity contribution < 1.29 is 19.5 Å². The zero-order chi connectivity index (χ0) is 15.0. The zero-order valence-corrected chi connectivity index (χ0v) is 11.2. The van der Waals surface area contributed by atoms with Gasteiger partial charge >= 0.3 is 12.0 Å². The van der Waals surface area contributed by atoms with Crippen LogP contribution in [0, 0.1) is 0 Å². The first-order valence-corrected chi connectivity index (χ1v) is 6.70. The molecule has 3 amide bonds. The number of nitrogens with one attached hydrogen (secondary N) is 1. The van der Waals surface area contributed by atoms with Crippen LogP contribution in [0.5, 0.6) is 0 Å². The molecule has 1 spiro atoms. The molecule has 0 radical (unpaired) electrons. The van der Waals surface area contributed by atoms with Crippen molar-refractivity contribution in [2.24, 2.45) is 0 Å². The summed E-state index contributed by atoms with van der Waals surface area (Å²) >= 11 is 0. The van der Waals surface area contributed by atoms with Gasteiger partial charge in [-0.3, -0.25) is 9.69 Å². The summed E-state index contributed by atoms with van der Waals surface area (Å²) in [5, 5.41) is 11.8. The van der Waals surface area contributed by atoms with Gasteiger partial charge in [0.15, 0.2) is 0 Å². The maximum atomic E-state index is 12.5. The van der Waals surface area contributed by atoms with Gasteiger partial charge in [-0.05, 0) is 12.8 Å². The predicted octanol–water partition coefficient (Wildman–Crippen LogP) is 0.539. The van der Waals surface area contributed by atoms with Crippen molar-refractivity contribution in [2.45, 2.75) is 37.8 Å². The molecule has 0 unspecified atom stereocenters. The van der Waals surface area contributed by atoms with Gasteiger partial charge in [0.1, 0.15) is 17.4 Å². The Labute approximate surface area is 120 Å². The Kier molecular flexibility index (Phi) is 3.08. The molecule has 2 heterocycles. The predicted molar refractivity (Wildman–Crippen MR) is 69.3 cm³/mol. The monoisotopic (exact) mass is 290 g/mol. The smallest absolute Gasteiger partial charge is 0.339 e. The van der Waals surface area contributed by atoms with Gasteiger partial charge in [-0.15, -0.1) is 0 Å². The number of carboxylic acids is 1. The molecule has 1 aliphatic heterocycles. The molecular formula is C13H14N4O4. The largest absolute Gasteiger partial charge is 0.478 e. The molecule has 1 saturated carbocycles. The first kappa shape index (κ1) is 13.5. The van der Waals surface area contributed by atoms with Crippen LogP contribution in [0.25, 0.3) is 0 Å². The molecule has 3 rings (SSSR count). The highest BCUT2D eigenvalue weighted by Gasteiger charge is 2.52. The van der Waals surface area contributed by atoms with E-state index in [9.17, 15) is 14.4 Å². The summed E-state index contributed by atoms with van der Waals surface area (Å²) in [6, 6.07) is -0.489. The van der Waals surface area contributed by atoms with Crippen LogP contribution in [0.1, 0.15) is 41.7 Å². The Bertz CT molecular complexity index is 624. The summed E-state index contributed by atoms with van der Waals surface area (Å²) in [6.07, 6.45) is 5.41. The minimum Gasteiger partial charge on any atom is -0.478 e. The number of carbonyl (C=O) groups is 3. The van der Waals surface area contributed by atoms with E-state index < -0.39 is 17.5 Å². The Morgan fingerprint density at radius 3 is 2.76 bits per heavy atom. The van der Waals surface area contributed by atoms with Gasteiger partial charge < -0.3 is 10.4 Å². The lowest BCUT2D eigenvalue weighted by Gasteiger charge is -2.20. The van der Waals surface area contributed by atoms with Crippen LogP contribution < -0.4 is 5.32 Å². The topological polar surface area (TPSA) is 112 Å². The van der Waals surface area contributed by atoms with E-state index in [1.807, 2.05) is 0 Å². The fourth-order valence-electron chi connectivity index (χ4n) is 2.95. The number of hydrogen-bond donors (Lipinski definition) is 2. The highest BCUT2D eigenvalue weighted by Crippen LogP contribution is 2.35. The van der Waals surface area contributed by atoms with E-state index in [4.69, 9.17) is 5.11 Å². The number of carboxylic acid groups (broad SMARTS) is 1. The van der Waals surface area contributed by atoms with Gasteiger partial charge in [-0.2, -0.15) is 0 Å². The van der Waals surface area contributed by atoms with Crippen LogP contribution in [-0.4, -0.2) is 43.4 Å². The van der Waals surface area contributed by atoms with Crippen LogP contribution in [0.3, 0.4) is 0 Å². The van der Waals surface area contributed by atoms with Crippen molar-refractivity contribution in [2.75, 3.05) is 0 Å². The van der Waals surface area contributed by atoms with Crippen LogP contribution in [0.15, 0.2) is 12.5 Å². The number of imide groups is 1. The average molecular weight is 290 g/mol. The molecule has 0 aromatic carbocycles. The highest BCUT2D eigenvalue weighted by molar-refractivity contribution is 6.07. The zero-order valence-electron chi connectivity index (χ0n) is 11.2. The fraction of sp³-hybridized carbons (Fsp3) is 0.462. The number of amides is 3. The fourth-order valence-corrected chi connectivity index (χ4v) is 2.95. The molecule has 2 aliphatic rings. The number of carbonyl (C=O) groups excluding carboxylic acids is 2. The summed E-state index contributed by atoms with van der Waals surface area (Å²) in [5.74, 6) is -1.48. The second kappa shape index (κ2) is 4.80. The lowest BCUT2D eigenvalue weighted by Crippen LogP contribution is -2.44. The average Bonchev–Trinajstić information content (AvgIpc) is 3.01. The number of hydrogen-bond acceptors (Lipinski definition) is 5. The van der Waals surface area contributed by atoms with Gasteiger partial charge in [-0.25, -0.2) is 19.6 Å². The number of aromatic nitrogens is 2. The molecule has 1 aliphatic carbocycles. The van der Waals surface area contributed by atoms with Gasteiger partial charge in [0.05, 0.1) is 12.2 Å². The van der Waals surface area contributed by atoms with Gasteiger partial charge in [0.2, 0.25) is 0 Å². The standard InChI is InChI=1S/C13H14N4O4/c18-10(19)8-5-14-7-15-9(8)6-17-11(20)13(16-12(17)21)3-1-2-4-13/h5,7H,1-4,6H2,(H,16,21)(H,18,19). The molecule has 0 atom stereocenters. The normalized spacial score (nSPS) is 20.1. The maximum absolute atomic E-state index is 12.5. The molecule has 0 bridgehead atoms. The highest BCUT2D eigenvalue weighted by atomic mass is 16.4. The van der Waals surface area contributed by atoms with Gasteiger partial charge in [0.25, 0.3) is 5.91 Å². The first-order chi connectivity index (χ1) is 10.0. The minimum absolute atomic E-state index is 0.106. The lowest BCUT2D eigenvalue weighted by atomic mass is 9.98. The Balaban J connectivity index is 1.87. The van der Waals surface area contributed by atoms with Gasteiger partial charge in [-0.1, -0.05) is 12.8 Å². The van der Waals surface area contributed by atoms with E-state index in [0.717, 1.165) is 23.9 Å². The number of nitrogens with zero attached hydrogens (tertiary/aromatic N) is 3. The number of urea groups is 1. The van der Waals surface area contributed by atoms with E-state index in [0.29, 0.717) is 12.8 Å². The molecule has 8 heteroatoms. The van der Waals surface area contributed by atoms with Crippen LogP contribution >= 0.6 is 0 Å². The number of aromatic carboxylic acids is 1. The van der Waals surface area contributed by atoms with Crippen LogP contribution in [0.2, 0.25) is 0 Å². The van der Waals surface area contributed by atoms with Crippen molar-refractivity contribution in [1.82, 2.24) is 20.2 Å². The molecule has 1 aromatic rings. The van der Waals surface area contributed by atoms with Crippen LogP contribution in [-0.2, 0) is 11.3 Å². The van der Waals surface area contributed by atoms with E-state index in [1.165, 1.54) is 6.33 Å². The Hall–Kier alpha value is -2.51. The molecule has 2 fully saturated rings. The minimum atomic E-state index is -1.19. The third kappa shape index (κ3) is 2.12. The second-order valence-electron chi connectivity index (χ2n) is 5.30. The third-order valence-corrected chi connectivity index (χ3v) is 4.04. The van der Waals surface area contributed by atoms with Crippen molar-refractivity contribution >= 4 is 17.9 Å². The SMILES string of the molecule is O=C(O)c1cncnc1CN1C(=O)NC2(CCCC2)C1=O. The van der Waals surface area contributed by atoms with Crippen molar-refractivity contribution in [3.8, 4) is 0 Å². The van der Waals surface area contributed by atoms with Gasteiger partial charge in [0, 0.05) is 6.20 Å². The Morgan fingerprint density at radius 1 is 1.38 bits per heavy atom. The first-order valence-electron chi connectivity index (χ1n) is 6.70. The molecule has 110 valence electrons. The van der Waals surface area contributed by atoms with Crippen molar-refractivity contribution in [3.05, 3.63) is 23.8 Å². The van der Waals surface area contributed by atoms with Crippen molar-refractivity contribution in [1.29, 1.82) is 0 Å². The summed E-state index contributed by atoms with van der Waals surface area (Å²) in [7, 11) is 0. The Morgan fingerprint density at radius 2 is 2.10 bits per heavy atom. The van der Waals surface area contributed by atoms with E-state index in [1.54, 1.807) is 0 Å². The molecule has 1 aromatic heterocycles.